The average Bonchev–Trinajstić information content (AvgIpc) is 3.19. The molecule has 0 saturated heterocycles. The van der Waals surface area contributed by atoms with Gasteiger partial charge in [-0.15, -0.1) is 0 Å². The normalized spacial score (nSPS) is 12.2. The van der Waals surface area contributed by atoms with E-state index in [1.54, 1.807) is 11.8 Å². The Labute approximate surface area is 220 Å². The van der Waals surface area contributed by atoms with Crippen molar-refractivity contribution in [2.45, 2.75) is 32.9 Å². The maximum absolute atomic E-state index is 11.0. The van der Waals surface area contributed by atoms with E-state index in [-0.39, 0.29) is 0 Å². The van der Waals surface area contributed by atoms with Crippen LogP contribution in [0, 0.1) is 5.92 Å². The third-order valence-corrected chi connectivity index (χ3v) is 6.20. The van der Waals surface area contributed by atoms with Crippen molar-refractivity contribution >= 4 is 0 Å². The zero-order valence-corrected chi connectivity index (χ0v) is 22.2. The van der Waals surface area contributed by atoms with Crippen LogP contribution in [0.15, 0.2) is 84.9 Å². The van der Waals surface area contributed by atoms with Gasteiger partial charge in [0.1, 0.15) is 5.69 Å². The fourth-order valence-corrected chi connectivity index (χ4v) is 4.65. The van der Waals surface area contributed by atoms with Crippen LogP contribution in [0.5, 0.6) is 17.4 Å². The third-order valence-electron chi connectivity index (χ3n) is 6.20. The number of hydrogen-bond acceptors (Lipinski definition) is 5. The number of ether oxygens (including phenoxy) is 2. The highest BCUT2D eigenvalue weighted by Crippen LogP contribution is 2.37. The van der Waals surface area contributed by atoms with Crippen LogP contribution < -0.4 is 9.47 Å². The van der Waals surface area contributed by atoms with Gasteiger partial charge < -0.3 is 14.6 Å². The standard InChI is InChI=1S/C31H37N3O3/c1-23(2)20-34(21-26(35)19-24-13-7-5-8-14-24)22-27-30(25-15-9-6-10-16-25)32-33(3)31(27)37-29-18-12-11-17-28(29)36-4/h5-18,23,26,35H,19-22H2,1-4H3/t26-/m1/s1. The third kappa shape index (κ3) is 7.00. The Morgan fingerprint density at radius 3 is 2.14 bits per heavy atom. The van der Waals surface area contributed by atoms with Crippen LogP contribution in [0.25, 0.3) is 11.3 Å². The van der Waals surface area contributed by atoms with Gasteiger partial charge in [-0.2, -0.15) is 5.10 Å². The smallest absolute Gasteiger partial charge is 0.222 e. The molecule has 0 fully saturated rings. The molecule has 0 unspecified atom stereocenters. The predicted molar refractivity (Wildman–Crippen MR) is 148 cm³/mol. The van der Waals surface area contributed by atoms with Gasteiger partial charge in [0.25, 0.3) is 0 Å². The van der Waals surface area contributed by atoms with Crippen molar-refractivity contribution in [1.29, 1.82) is 0 Å². The molecular formula is C31H37N3O3. The molecule has 0 aliphatic rings. The lowest BCUT2D eigenvalue weighted by atomic mass is 10.0. The second-order valence-corrected chi connectivity index (χ2v) is 9.81. The first-order valence-electron chi connectivity index (χ1n) is 12.8. The van der Waals surface area contributed by atoms with E-state index in [4.69, 9.17) is 14.6 Å². The monoisotopic (exact) mass is 499 g/mol. The summed E-state index contributed by atoms with van der Waals surface area (Å²) in [6.07, 6.45) is 0.120. The van der Waals surface area contributed by atoms with Crippen molar-refractivity contribution in [2.24, 2.45) is 13.0 Å². The molecule has 1 N–H and O–H groups in total. The van der Waals surface area contributed by atoms with Crippen LogP contribution in [0.1, 0.15) is 25.0 Å². The second kappa shape index (κ2) is 12.6. The summed E-state index contributed by atoms with van der Waals surface area (Å²) in [4.78, 5) is 2.30. The van der Waals surface area contributed by atoms with Crippen molar-refractivity contribution in [3.05, 3.63) is 96.1 Å². The molecule has 0 amide bonds. The van der Waals surface area contributed by atoms with Crippen LogP contribution in [-0.4, -0.2) is 46.1 Å². The summed E-state index contributed by atoms with van der Waals surface area (Å²) in [5, 5.41) is 15.9. The van der Waals surface area contributed by atoms with E-state index >= 15 is 0 Å². The Morgan fingerprint density at radius 2 is 1.49 bits per heavy atom. The molecule has 0 saturated carbocycles. The highest BCUT2D eigenvalue weighted by molar-refractivity contribution is 5.66. The summed E-state index contributed by atoms with van der Waals surface area (Å²) < 4.78 is 13.8. The molecule has 37 heavy (non-hydrogen) atoms. The van der Waals surface area contributed by atoms with Gasteiger partial charge in [0, 0.05) is 32.2 Å². The summed E-state index contributed by atoms with van der Waals surface area (Å²) in [5.74, 6) is 2.38. The van der Waals surface area contributed by atoms with E-state index in [0.29, 0.717) is 42.8 Å². The van der Waals surface area contributed by atoms with Gasteiger partial charge in [0.2, 0.25) is 5.88 Å². The summed E-state index contributed by atoms with van der Waals surface area (Å²) in [5.41, 5.74) is 4.01. The molecule has 4 rings (SSSR count). The molecule has 6 nitrogen and oxygen atoms in total. The van der Waals surface area contributed by atoms with Crippen molar-refractivity contribution in [3.63, 3.8) is 0 Å². The molecule has 6 heteroatoms. The van der Waals surface area contributed by atoms with Crippen LogP contribution in [-0.2, 0) is 20.0 Å². The first-order valence-corrected chi connectivity index (χ1v) is 12.8. The maximum Gasteiger partial charge on any atom is 0.222 e. The number of aliphatic hydroxyl groups excluding tert-OH is 1. The zero-order chi connectivity index (χ0) is 26.2. The Bertz CT molecular complexity index is 1260. The molecule has 0 spiro atoms. The van der Waals surface area contributed by atoms with E-state index in [1.165, 1.54) is 0 Å². The molecule has 0 bridgehead atoms. The molecule has 3 aromatic carbocycles. The van der Waals surface area contributed by atoms with E-state index < -0.39 is 6.10 Å². The van der Waals surface area contributed by atoms with Crippen LogP contribution in [0.4, 0.5) is 0 Å². The van der Waals surface area contributed by atoms with Gasteiger partial charge >= 0.3 is 0 Å². The van der Waals surface area contributed by atoms with Crippen molar-refractivity contribution in [3.8, 4) is 28.6 Å². The minimum Gasteiger partial charge on any atom is -0.493 e. The summed E-state index contributed by atoms with van der Waals surface area (Å²) >= 11 is 0. The number of aliphatic hydroxyl groups is 1. The Morgan fingerprint density at radius 1 is 0.865 bits per heavy atom. The van der Waals surface area contributed by atoms with Crippen LogP contribution >= 0.6 is 0 Å². The highest BCUT2D eigenvalue weighted by Gasteiger charge is 2.24. The lowest BCUT2D eigenvalue weighted by molar-refractivity contribution is 0.101. The SMILES string of the molecule is COc1ccccc1Oc1c(CN(CC(C)C)C[C@H](O)Cc2ccccc2)c(-c2ccccc2)nn1C. The summed E-state index contributed by atoms with van der Waals surface area (Å²) in [6.45, 7) is 6.37. The molecular weight excluding hydrogens is 462 g/mol. The lowest BCUT2D eigenvalue weighted by Crippen LogP contribution is -2.35. The molecule has 194 valence electrons. The number of methoxy groups -OCH3 is 1. The predicted octanol–water partition coefficient (Wildman–Crippen LogP) is 5.95. The quantitative estimate of drug-likeness (QED) is 0.261. The number of hydrogen-bond donors (Lipinski definition) is 1. The number of aromatic nitrogens is 2. The Kier molecular flexibility index (Phi) is 8.99. The van der Waals surface area contributed by atoms with E-state index in [9.17, 15) is 5.11 Å². The number of benzene rings is 3. The summed E-state index contributed by atoms with van der Waals surface area (Å²) in [7, 11) is 3.54. The number of aryl methyl sites for hydroxylation is 1. The lowest BCUT2D eigenvalue weighted by Gasteiger charge is -2.27. The van der Waals surface area contributed by atoms with Crippen molar-refractivity contribution in [2.75, 3.05) is 20.2 Å². The minimum absolute atomic E-state index is 0.430. The van der Waals surface area contributed by atoms with Crippen LogP contribution in [0.3, 0.4) is 0 Å². The Hall–Kier alpha value is -3.61. The number of rotatable bonds is 12. The first-order chi connectivity index (χ1) is 17.9. The maximum atomic E-state index is 11.0. The summed E-state index contributed by atoms with van der Waals surface area (Å²) in [6, 6.07) is 27.9. The zero-order valence-electron chi connectivity index (χ0n) is 22.2. The van der Waals surface area contributed by atoms with Gasteiger partial charge in [-0.3, -0.25) is 4.90 Å². The van der Waals surface area contributed by atoms with Crippen molar-refractivity contribution in [1.82, 2.24) is 14.7 Å². The molecule has 0 radical (unpaired) electrons. The Balaban J connectivity index is 1.68. The molecule has 0 aliphatic carbocycles. The molecule has 1 heterocycles. The van der Waals surface area contributed by atoms with E-state index in [2.05, 4.69) is 43.0 Å². The van der Waals surface area contributed by atoms with Crippen LogP contribution in [0.2, 0.25) is 0 Å². The average molecular weight is 500 g/mol. The fraction of sp³-hybridized carbons (Fsp3) is 0.323. The van der Waals surface area contributed by atoms with Gasteiger partial charge in [-0.05, 0) is 30.0 Å². The fourth-order valence-electron chi connectivity index (χ4n) is 4.65. The number of nitrogens with zero attached hydrogens (tertiary/aromatic N) is 3. The van der Waals surface area contributed by atoms with Gasteiger partial charge in [0.15, 0.2) is 11.5 Å². The van der Waals surface area contributed by atoms with Crippen molar-refractivity contribution < 1.29 is 14.6 Å². The van der Waals surface area contributed by atoms with Gasteiger partial charge in [0.05, 0.1) is 18.8 Å². The molecule has 0 aliphatic heterocycles. The largest absolute Gasteiger partial charge is 0.493 e. The second-order valence-electron chi connectivity index (χ2n) is 9.81. The van der Waals surface area contributed by atoms with Gasteiger partial charge in [-0.25, -0.2) is 4.68 Å². The molecule has 1 atom stereocenters. The molecule has 4 aromatic rings. The highest BCUT2D eigenvalue weighted by atomic mass is 16.5. The molecule has 1 aromatic heterocycles. The minimum atomic E-state index is -0.489. The van der Waals surface area contributed by atoms with E-state index in [0.717, 1.165) is 28.9 Å². The topological polar surface area (TPSA) is 59.8 Å². The van der Waals surface area contributed by atoms with E-state index in [1.807, 2.05) is 67.7 Å². The van der Waals surface area contributed by atoms with Gasteiger partial charge in [-0.1, -0.05) is 86.6 Å². The first kappa shape index (κ1) is 26.5. The number of para-hydroxylation sites is 2.